The molecule has 1 aromatic rings. The summed E-state index contributed by atoms with van der Waals surface area (Å²) < 4.78 is 0. The Morgan fingerprint density at radius 1 is 1.00 bits per heavy atom. The first-order valence-corrected chi connectivity index (χ1v) is 6.42. The fourth-order valence-corrected chi connectivity index (χ4v) is 2.33. The van der Waals surface area contributed by atoms with Crippen LogP contribution < -0.4 is 15.1 Å². The molecule has 0 radical (unpaired) electrons. The van der Waals surface area contributed by atoms with E-state index in [0.717, 1.165) is 26.2 Å². The van der Waals surface area contributed by atoms with Gasteiger partial charge in [0.2, 0.25) is 0 Å². The Labute approximate surface area is 108 Å². The fraction of sp³-hybridized carbons (Fsp3) is 0.357. The maximum atomic E-state index is 4.24. The van der Waals surface area contributed by atoms with Gasteiger partial charge >= 0.3 is 0 Å². The smallest absolute Gasteiger partial charge is 0.114 e. The minimum atomic E-state index is 0.712. The summed E-state index contributed by atoms with van der Waals surface area (Å²) in [5.74, 6) is 0. The molecule has 0 unspecified atom stereocenters. The SMILES string of the molecule is C1=CN(c2ccc(N3CCNCC3)cc2)CN=C1. The molecule has 1 N–H and O–H groups in total. The zero-order chi connectivity index (χ0) is 12.2. The summed E-state index contributed by atoms with van der Waals surface area (Å²) in [6.07, 6.45) is 5.87. The lowest BCUT2D eigenvalue weighted by molar-refractivity contribution is 0.589. The summed E-state index contributed by atoms with van der Waals surface area (Å²) in [5.41, 5.74) is 2.51. The summed E-state index contributed by atoms with van der Waals surface area (Å²) in [6.45, 7) is 5.04. The van der Waals surface area contributed by atoms with Crippen molar-refractivity contribution >= 4 is 17.6 Å². The highest BCUT2D eigenvalue weighted by Gasteiger charge is 2.11. The van der Waals surface area contributed by atoms with Gasteiger partial charge in [-0.2, -0.15) is 0 Å². The van der Waals surface area contributed by atoms with Gasteiger partial charge in [0.1, 0.15) is 6.67 Å². The van der Waals surface area contributed by atoms with E-state index >= 15 is 0 Å². The second-order valence-corrected chi connectivity index (χ2v) is 4.54. The molecular formula is C14H18N4. The van der Waals surface area contributed by atoms with Gasteiger partial charge in [0.15, 0.2) is 0 Å². The lowest BCUT2D eigenvalue weighted by Gasteiger charge is -2.30. The first-order valence-electron chi connectivity index (χ1n) is 6.42. The van der Waals surface area contributed by atoms with Crippen molar-refractivity contribution in [1.29, 1.82) is 0 Å². The molecule has 0 aliphatic carbocycles. The van der Waals surface area contributed by atoms with E-state index in [2.05, 4.69) is 50.6 Å². The Morgan fingerprint density at radius 3 is 2.39 bits per heavy atom. The van der Waals surface area contributed by atoms with Crippen molar-refractivity contribution in [2.24, 2.45) is 4.99 Å². The van der Waals surface area contributed by atoms with Crippen LogP contribution in [0.1, 0.15) is 0 Å². The highest BCUT2D eigenvalue weighted by atomic mass is 15.2. The number of piperazine rings is 1. The second-order valence-electron chi connectivity index (χ2n) is 4.54. The molecule has 0 aromatic heterocycles. The number of hydrogen-bond donors (Lipinski definition) is 1. The molecule has 2 aliphatic heterocycles. The quantitative estimate of drug-likeness (QED) is 0.851. The summed E-state index contributed by atoms with van der Waals surface area (Å²) in [5, 5.41) is 3.37. The van der Waals surface area contributed by atoms with Crippen molar-refractivity contribution in [2.45, 2.75) is 0 Å². The Morgan fingerprint density at radius 2 is 1.72 bits per heavy atom. The van der Waals surface area contributed by atoms with Crippen molar-refractivity contribution in [3.8, 4) is 0 Å². The van der Waals surface area contributed by atoms with Crippen LogP contribution in [-0.4, -0.2) is 39.1 Å². The number of anilines is 2. The van der Waals surface area contributed by atoms with Crippen LogP contribution in [0.5, 0.6) is 0 Å². The highest BCUT2D eigenvalue weighted by molar-refractivity contribution is 5.74. The van der Waals surface area contributed by atoms with Gasteiger partial charge in [0.25, 0.3) is 0 Å². The average molecular weight is 242 g/mol. The third kappa shape index (κ3) is 2.38. The van der Waals surface area contributed by atoms with Gasteiger partial charge in [0, 0.05) is 50.0 Å². The predicted octanol–water partition coefficient (Wildman–Crippen LogP) is 1.46. The van der Waals surface area contributed by atoms with E-state index in [-0.39, 0.29) is 0 Å². The molecule has 94 valence electrons. The van der Waals surface area contributed by atoms with Crippen LogP contribution >= 0.6 is 0 Å². The number of nitrogens with zero attached hydrogens (tertiary/aromatic N) is 3. The van der Waals surface area contributed by atoms with E-state index < -0.39 is 0 Å². The normalized spacial score (nSPS) is 19.3. The minimum absolute atomic E-state index is 0.712. The summed E-state index contributed by atoms with van der Waals surface area (Å²) in [4.78, 5) is 8.80. The van der Waals surface area contributed by atoms with E-state index in [9.17, 15) is 0 Å². The van der Waals surface area contributed by atoms with Gasteiger partial charge in [-0.1, -0.05) is 0 Å². The molecule has 4 nitrogen and oxygen atoms in total. The number of hydrogen-bond acceptors (Lipinski definition) is 4. The molecule has 2 aliphatic rings. The molecule has 0 saturated carbocycles. The standard InChI is InChI=1S/C14H18N4/c1-6-16-12-18(9-1)14-4-2-13(3-5-14)17-10-7-15-8-11-17/h1-6,9,15H,7-8,10-12H2. The lowest BCUT2D eigenvalue weighted by atomic mass is 10.2. The summed E-state index contributed by atoms with van der Waals surface area (Å²) in [7, 11) is 0. The topological polar surface area (TPSA) is 30.9 Å². The lowest BCUT2D eigenvalue weighted by Crippen LogP contribution is -2.43. The van der Waals surface area contributed by atoms with Gasteiger partial charge in [-0.25, -0.2) is 0 Å². The van der Waals surface area contributed by atoms with E-state index in [1.54, 1.807) is 0 Å². The van der Waals surface area contributed by atoms with Crippen molar-refractivity contribution in [1.82, 2.24) is 5.32 Å². The van der Waals surface area contributed by atoms with E-state index in [1.165, 1.54) is 11.4 Å². The van der Waals surface area contributed by atoms with Crippen molar-refractivity contribution in [2.75, 3.05) is 42.6 Å². The molecule has 1 saturated heterocycles. The number of nitrogens with one attached hydrogen (secondary N) is 1. The molecule has 18 heavy (non-hydrogen) atoms. The van der Waals surface area contributed by atoms with Crippen LogP contribution in [0.2, 0.25) is 0 Å². The fourth-order valence-electron chi connectivity index (χ4n) is 2.33. The summed E-state index contributed by atoms with van der Waals surface area (Å²) >= 11 is 0. The number of allylic oxidation sites excluding steroid dienone is 1. The first-order chi connectivity index (χ1) is 8.93. The number of benzene rings is 1. The maximum absolute atomic E-state index is 4.24. The number of aliphatic imine (C=N–C) groups is 1. The molecule has 0 atom stereocenters. The van der Waals surface area contributed by atoms with Crippen LogP contribution in [0.4, 0.5) is 11.4 Å². The Hall–Kier alpha value is -1.81. The molecule has 0 spiro atoms. The van der Waals surface area contributed by atoms with Crippen LogP contribution in [0.3, 0.4) is 0 Å². The highest BCUT2D eigenvalue weighted by Crippen LogP contribution is 2.21. The van der Waals surface area contributed by atoms with Crippen molar-refractivity contribution in [3.05, 3.63) is 36.5 Å². The molecule has 0 amide bonds. The largest absolute Gasteiger partial charge is 0.369 e. The maximum Gasteiger partial charge on any atom is 0.114 e. The second kappa shape index (κ2) is 5.23. The van der Waals surface area contributed by atoms with Gasteiger partial charge < -0.3 is 15.1 Å². The molecule has 1 aromatic carbocycles. The van der Waals surface area contributed by atoms with Crippen LogP contribution in [-0.2, 0) is 0 Å². The van der Waals surface area contributed by atoms with Gasteiger partial charge in [-0.05, 0) is 30.3 Å². The zero-order valence-electron chi connectivity index (χ0n) is 10.4. The van der Waals surface area contributed by atoms with Gasteiger partial charge in [-0.3, -0.25) is 4.99 Å². The van der Waals surface area contributed by atoms with E-state index in [0.29, 0.717) is 6.67 Å². The average Bonchev–Trinajstić information content (AvgIpc) is 2.49. The van der Waals surface area contributed by atoms with Gasteiger partial charge in [-0.15, -0.1) is 0 Å². The molecule has 4 heteroatoms. The number of rotatable bonds is 2. The first kappa shape index (κ1) is 11.3. The van der Waals surface area contributed by atoms with Crippen molar-refractivity contribution < 1.29 is 0 Å². The Balaban J connectivity index is 1.72. The van der Waals surface area contributed by atoms with Crippen molar-refractivity contribution in [3.63, 3.8) is 0 Å². The van der Waals surface area contributed by atoms with E-state index in [1.807, 2.05) is 12.3 Å². The van der Waals surface area contributed by atoms with Gasteiger partial charge in [0.05, 0.1) is 0 Å². The molecule has 0 bridgehead atoms. The molecular weight excluding hydrogens is 224 g/mol. The molecule has 2 heterocycles. The summed E-state index contributed by atoms with van der Waals surface area (Å²) in [6, 6.07) is 8.74. The van der Waals surface area contributed by atoms with E-state index in [4.69, 9.17) is 0 Å². The molecule has 1 fully saturated rings. The zero-order valence-corrected chi connectivity index (χ0v) is 10.4. The Kier molecular flexibility index (Phi) is 3.28. The predicted molar refractivity (Wildman–Crippen MR) is 76.5 cm³/mol. The Bertz CT molecular complexity index is 443. The third-order valence-electron chi connectivity index (χ3n) is 3.35. The van der Waals surface area contributed by atoms with Crippen LogP contribution in [0.25, 0.3) is 0 Å². The monoisotopic (exact) mass is 242 g/mol. The molecule has 3 rings (SSSR count). The third-order valence-corrected chi connectivity index (χ3v) is 3.35. The van der Waals surface area contributed by atoms with Crippen LogP contribution in [0, 0.1) is 0 Å². The van der Waals surface area contributed by atoms with Crippen LogP contribution in [0.15, 0.2) is 41.5 Å². The minimum Gasteiger partial charge on any atom is -0.369 e.